The fraction of sp³-hybridized carbons (Fsp3) is 0.946. The minimum absolute atomic E-state index is 0.106. The number of unbranched alkanes of at least 4 members (excludes halogenated alkanes) is 41. The summed E-state index contributed by atoms with van der Waals surface area (Å²) in [5.41, 5.74) is 0. The van der Waals surface area contributed by atoms with Crippen molar-refractivity contribution in [2.75, 3.05) is 39.6 Å². The van der Waals surface area contributed by atoms with Gasteiger partial charge >= 0.3 is 39.5 Å². The lowest BCUT2D eigenvalue weighted by atomic mass is 9.99. The molecule has 93 heavy (non-hydrogen) atoms. The van der Waals surface area contributed by atoms with Crippen LogP contribution in [0.1, 0.15) is 382 Å². The molecule has 0 aliphatic carbocycles. The van der Waals surface area contributed by atoms with Crippen LogP contribution in [0, 0.1) is 11.8 Å². The molecular formula is C74H144O17P2. The second-order valence-corrected chi connectivity index (χ2v) is 30.1. The lowest BCUT2D eigenvalue weighted by molar-refractivity contribution is -0.161. The van der Waals surface area contributed by atoms with Gasteiger partial charge in [0.1, 0.15) is 19.3 Å². The number of carbonyl (C=O) groups excluding carboxylic acids is 4. The van der Waals surface area contributed by atoms with Crippen LogP contribution >= 0.6 is 15.6 Å². The van der Waals surface area contributed by atoms with Gasteiger partial charge in [0.15, 0.2) is 12.2 Å². The monoisotopic (exact) mass is 1370 g/mol. The summed E-state index contributed by atoms with van der Waals surface area (Å²) in [7, 11) is -9.91. The molecule has 0 rings (SSSR count). The molecule has 0 heterocycles. The number of aliphatic hydroxyl groups is 1. The predicted octanol–water partition coefficient (Wildman–Crippen LogP) is 21.6. The quantitative estimate of drug-likeness (QED) is 0.0222. The normalized spacial score (nSPS) is 14.6. The number of ether oxygens (including phenoxy) is 4. The fourth-order valence-electron chi connectivity index (χ4n) is 11.2. The molecule has 17 nitrogen and oxygen atoms in total. The summed E-state index contributed by atoms with van der Waals surface area (Å²) >= 11 is 0. The smallest absolute Gasteiger partial charge is 0.462 e. The zero-order valence-corrected chi connectivity index (χ0v) is 62.3. The predicted molar refractivity (Wildman–Crippen MR) is 377 cm³/mol. The molecule has 3 N–H and O–H groups in total. The van der Waals surface area contributed by atoms with Gasteiger partial charge in [-0.15, -0.1) is 0 Å². The van der Waals surface area contributed by atoms with Crippen LogP contribution in [0.15, 0.2) is 0 Å². The molecule has 4 unspecified atom stereocenters. The average Bonchev–Trinajstić information content (AvgIpc) is 2.83. The Bertz CT molecular complexity index is 1810. The number of esters is 4. The van der Waals surface area contributed by atoms with E-state index in [1.807, 2.05) is 0 Å². The van der Waals surface area contributed by atoms with E-state index in [4.69, 9.17) is 37.0 Å². The maximum Gasteiger partial charge on any atom is 0.472 e. The molecule has 0 aromatic heterocycles. The van der Waals surface area contributed by atoms with Gasteiger partial charge in [-0.2, -0.15) is 0 Å². The third-order valence-electron chi connectivity index (χ3n) is 17.9. The van der Waals surface area contributed by atoms with Gasteiger partial charge in [0.25, 0.3) is 0 Å². The summed E-state index contributed by atoms with van der Waals surface area (Å²) in [5, 5.41) is 10.6. The van der Waals surface area contributed by atoms with Crippen LogP contribution in [0.5, 0.6) is 0 Å². The Morgan fingerprint density at radius 1 is 0.301 bits per heavy atom. The summed E-state index contributed by atoms with van der Waals surface area (Å²) in [6.45, 7) is 9.54. The molecule has 0 amide bonds. The number of phosphoric ester groups is 2. The van der Waals surface area contributed by atoms with E-state index in [0.717, 1.165) is 108 Å². The zero-order valence-electron chi connectivity index (χ0n) is 60.6. The van der Waals surface area contributed by atoms with Gasteiger partial charge in [0.05, 0.1) is 26.4 Å². The highest BCUT2D eigenvalue weighted by atomic mass is 31.2. The van der Waals surface area contributed by atoms with Crippen LogP contribution in [0.4, 0.5) is 0 Å². The first-order chi connectivity index (χ1) is 44.9. The third kappa shape index (κ3) is 65.8. The van der Waals surface area contributed by atoms with Crippen molar-refractivity contribution in [3.05, 3.63) is 0 Å². The van der Waals surface area contributed by atoms with Crippen LogP contribution in [-0.4, -0.2) is 96.7 Å². The molecule has 0 saturated carbocycles. The minimum atomic E-state index is -4.96. The van der Waals surface area contributed by atoms with Gasteiger partial charge in [-0.25, -0.2) is 9.13 Å². The molecule has 0 aliphatic rings. The first-order valence-electron chi connectivity index (χ1n) is 38.6. The second kappa shape index (κ2) is 66.0. The van der Waals surface area contributed by atoms with Crippen molar-refractivity contribution >= 4 is 39.5 Å². The van der Waals surface area contributed by atoms with E-state index in [9.17, 15) is 43.2 Å². The molecule has 0 aromatic carbocycles. The van der Waals surface area contributed by atoms with Crippen molar-refractivity contribution in [2.45, 2.75) is 400 Å². The Morgan fingerprint density at radius 2 is 0.516 bits per heavy atom. The summed E-state index contributed by atoms with van der Waals surface area (Å²) in [4.78, 5) is 72.7. The van der Waals surface area contributed by atoms with E-state index >= 15 is 0 Å². The topological polar surface area (TPSA) is 237 Å². The molecule has 552 valence electrons. The van der Waals surface area contributed by atoms with Gasteiger partial charge in [-0.3, -0.25) is 37.3 Å². The van der Waals surface area contributed by atoms with E-state index < -0.39 is 97.5 Å². The van der Waals surface area contributed by atoms with Crippen molar-refractivity contribution in [1.29, 1.82) is 0 Å². The van der Waals surface area contributed by atoms with Crippen LogP contribution in [0.25, 0.3) is 0 Å². The van der Waals surface area contributed by atoms with Gasteiger partial charge in [-0.05, 0) is 37.5 Å². The summed E-state index contributed by atoms with van der Waals surface area (Å²) in [6, 6.07) is 0. The first kappa shape index (κ1) is 91.1. The SMILES string of the molecule is CCCCCCCCCCCCCCCCCCCCCC(=O)O[C@H](COC(=O)CCCCCCCCCCC(C)CC)COP(=O)(O)OC[C@@H](O)COP(=O)(O)OC[C@@H](COC(=O)CCCCCCCCC(C)CC)OC(=O)CCCCCCCCCCCCCC. The molecule has 0 bridgehead atoms. The molecule has 0 spiro atoms. The van der Waals surface area contributed by atoms with Crippen molar-refractivity contribution in [1.82, 2.24) is 0 Å². The zero-order chi connectivity index (χ0) is 68.6. The second-order valence-electron chi connectivity index (χ2n) is 27.2. The Labute approximate surface area is 568 Å². The van der Waals surface area contributed by atoms with E-state index in [-0.39, 0.29) is 25.7 Å². The van der Waals surface area contributed by atoms with Crippen LogP contribution in [0.2, 0.25) is 0 Å². The van der Waals surface area contributed by atoms with E-state index in [1.165, 1.54) is 193 Å². The minimum Gasteiger partial charge on any atom is -0.462 e. The summed E-state index contributed by atoms with van der Waals surface area (Å²) < 4.78 is 68.4. The first-order valence-corrected chi connectivity index (χ1v) is 41.6. The molecule has 0 radical (unpaired) electrons. The number of phosphoric acid groups is 2. The van der Waals surface area contributed by atoms with E-state index in [1.54, 1.807) is 0 Å². The van der Waals surface area contributed by atoms with E-state index in [2.05, 4.69) is 41.5 Å². The van der Waals surface area contributed by atoms with Gasteiger partial charge in [0.2, 0.25) is 0 Å². The van der Waals surface area contributed by atoms with Gasteiger partial charge in [-0.1, -0.05) is 330 Å². The molecule has 19 heteroatoms. The maximum absolute atomic E-state index is 13.1. The average molecular weight is 1370 g/mol. The third-order valence-corrected chi connectivity index (χ3v) is 19.8. The Hall–Kier alpha value is -1.94. The molecule has 0 fully saturated rings. The lowest BCUT2D eigenvalue weighted by Crippen LogP contribution is -2.30. The Balaban J connectivity index is 5.23. The largest absolute Gasteiger partial charge is 0.472 e. The molecule has 7 atom stereocenters. The highest BCUT2D eigenvalue weighted by Gasteiger charge is 2.30. The Morgan fingerprint density at radius 3 is 0.763 bits per heavy atom. The van der Waals surface area contributed by atoms with Crippen LogP contribution in [0.3, 0.4) is 0 Å². The maximum atomic E-state index is 13.1. The fourth-order valence-corrected chi connectivity index (χ4v) is 12.8. The number of hydrogen-bond acceptors (Lipinski definition) is 15. The van der Waals surface area contributed by atoms with Gasteiger partial charge < -0.3 is 33.8 Å². The highest BCUT2D eigenvalue weighted by Crippen LogP contribution is 2.45. The Kier molecular flexibility index (Phi) is 64.6. The van der Waals surface area contributed by atoms with Crippen molar-refractivity contribution in [2.24, 2.45) is 11.8 Å². The number of carbonyl (C=O) groups is 4. The van der Waals surface area contributed by atoms with Crippen LogP contribution < -0.4 is 0 Å². The molecule has 0 saturated heterocycles. The highest BCUT2D eigenvalue weighted by molar-refractivity contribution is 7.47. The molecule has 0 aromatic rings. The standard InChI is InChI=1S/C74H144O17P2/c1-7-11-13-15-17-19-21-23-24-25-26-27-28-29-31-33-39-47-53-59-74(79)90-69(62-84-71(76)56-50-44-37-35-34-36-42-48-54-66(5)9-3)64-88-92(80,81)86-60-68(75)61-87-93(82,83)89-65-70(63-85-72(77)57-51-45-41-40-43-49-55-67(6)10-4)91-73(78)58-52-46-38-32-30-22-20-18-16-14-12-8-2/h66-70,75H,7-65H2,1-6H3,(H,80,81)(H,82,83)/t66?,67?,68-,69-,70-/m1/s1. The number of hydrogen-bond donors (Lipinski definition) is 3. The van der Waals surface area contributed by atoms with Crippen LogP contribution in [-0.2, 0) is 65.4 Å². The summed E-state index contributed by atoms with van der Waals surface area (Å²) in [6.07, 6.45) is 52.7. The molecular weight excluding hydrogens is 1220 g/mol. The summed E-state index contributed by atoms with van der Waals surface area (Å²) in [5.74, 6) is -0.611. The van der Waals surface area contributed by atoms with Crippen molar-refractivity contribution in [3.63, 3.8) is 0 Å². The molecule has 0 aliphatic heterocycles. The number of rotatable bonds is 73. The van der Waals surface area contributed by atoms with Gasteiger partial charge in [0, 0.05) is 25.7 Å². The van der Waals surface area contributed by atoms with E-state index in [0.29, 0.717) is 25.7 Å². The number of aliphatic hydroxyl groups excluding tert-OH is 1. The lowest BCUT2D eigenvalue weighted by Gasteiger charge is -2.21. The van der Waals surface area contributed by atoms with Crippen molar-refractivity contribution in [3.8, 4) is 0 Å². The van der Waals surface area contributed by atoms with Crippen molar-refractivity contribution < 1.29 is 80.2 Å².